The Kier molecular flexibility index (Phi) is 6.83. The maximum absolute atomic E-state index is 12.6. The first-order valence-electron chi connectivity index (χ1n) is 6.38. The van der Waals surface area contributed by atoms with Gasteiger partial charge in [0.25, 0.3) is 6.10 Å². The molecule has 0 amide bonds. The number of alkyl halides is 12. The van der Waals surface area contributed by atoms with E-state index in [0.29, 0.717) is 20.8 Å². The van der Waals surface area contributed by atoms with E-state index in [1.54, 1.807) is 0 Å². The number of ether oxygens (including phenoxy) is 2. The van der Waals surface area contributed by atoms with Gasteiger partial charge < -0.3 is 9.47 Å². The zero-order valence-corrected chi connectivity index (χ0v) is 13.1. The fourth-order valence-electron chi connectivity index (χ4n) is 1.81. The summed E-state index contributed by atoms with van der Waals surface area (Å²) in [5.74, 6) is -5.39. The van der Waals surface area contributed by atoms with Gasteiger partial charge in [-0.1, -0.05) is 0 Å². The highest BCUT2D eigenvalue weighted by Crippen LogP contribution is 2.47. The molecular formula is C12H12F12O2. The fourth-order valence-corrected chi connectivity index (χ4v) is 1.81. The minimum absolute atomic E-state index is 0.172. The Bertz CT molecular complexity index is 466. The number of allylic oxidation sites excluding steroid dienone is 1. The second kappa shape index (κ2) is 7.25. The molecule has 0 fully saturated rings. The van der Waals surface area contributed by atoms with Crippen molar-refractivity contribution in [3.63, 3.8) is 0 Å². The van der Waals surface area contributed by atoms with Crippen molar-refractivity contribution in [2.24, 2.45) is 5.92 Å². The molecule has 0 aromatic rings. The first-order chi connectivity index (χ1) is 11.1. The van der Waals surface area contributed by atoms with Gasteiger partial charge in [0.15, 0.2) is 5.92 Å². The van der Waals surface area contributed by atoms with Crippen molar-refractivity contribution in [1.82, 2.24) is 0 Å². The zero-order valence-electron chi connectivity index (χ0n) is 13.1. The maximum Gasteiger partial charge on any atom is 0.434 e. The van der Waals surface area contributed by atoms with Crippen molar-refractivity contribution in [3.05, 3.63) is 12.0 Å². The van der Waals surface area contributed by atoms with Crippen LogP contribution in [0.4, 0.5) is 52.7 Å². The van der Waals surface area contributed by atoms with E-state index in [-0.39, 0.29) is 6.26 Å². The number of halogens is 12. The van der Waals surface area contributed by atoms with E-state index in [9.17, 15) is 52.7 Å². The summed E-state index contributed by atoms with van der Waals surface area (Å²) in [4.78, 5) is 0. The standard InChI is InChI=1S/C12H12F12O2/c1-5(26-7(11(19,20)21)12(22,23)24)4-25-8(2,3)6(9(13,14)15)10(16,17)18/h4,6-7H,1-3H3/b5-4+. The Labute approximate surface area is 138 Å². The van der Waals surface area contributed by atoms with Gasteiger partial charge in [-0.3, -0.25) is 0 Å². The lowest BCUT2D eigenvalue weighted by Crippen LogP contribution is -2.51. The van der Waals surface area contributed by atoms with E-state index in [1.165, 1.54) is 0 Å². The maximum atomic E-state index is 12.6. The third-order valence-electron chi connectivity index (χ3n) is 2.78. The molecule has 2 nitrogen and oxygen atoms in total. The van der Waals surface area contributed by atoms with E-state index in [4.69, 9.17) is 0 Å². The molecule has 0 aliphatic rings. The van der Waals surface area contributed by atoms with E-state index in [2.05, 4.69) is 9.47 Å². The van der Waals surface area contributed by atoms with Crippen LogP contribution >= 0.6 is 0 Å². The lowest BCUT2D eigenvalue weighted by molar-refractivity contribution is -0.323. The summed E-state index contributed by atoms with van der Waals surface area (Å²) in [6.07, 6.45) is -28.0. The molecule has 156 valence electrons. The first-order valence-corrected chi connectivity index (χ1v) is 6.38. The summed E-state index contributed by atoms with van der Waals surface area (Å²) in [5, 5.41) is 0. The van der Waals surface area contributed by atoms with Gasteiger partial charge in [-0.25, -0.2) is 0 Å². The molecule has 0 aromatic carbocycles. The third kappa shape index (κ3) is 7.02. The highest BCUT2D eigenvalue weighted by atomic mass is 19.4. The lowest BCUT2D eigenvalue weighted by Gasteiger charge is -2.36. The Hall–Kier alpha value is -1.50. The van der Waals surface area contributed by atoms with Crippen LogP contribution in [0, 0.1) is 5.92 Å². The monoisotopic (exact) mass is 416 g/mol. The van der Waals surface area contributed by atoms with Gasteiger partial charge in [0, 0.05) is 0 Å². The van der Waals surface area contributed by atoms with Crippen LogP contribution in [0.5, 0.6) is 0 Å². The smallest absolute Gasteiger partial charge is 0.434 e. The molecule has 14 heteroatoms. The molecule has 0 aromatic heterocycles. The molecular weight excluding hydrogens is 404 g/mol. The van der Waals surface area contributed by atoms with E-state index >= 15 is 0 Å². The lowest BCUT2D eigenvalue weighted by atomic mass is 9.89. The summed E-state index contributed by atoms with van der Waals surface area (Å²) >= 11 is 0. The van der Waals surface area contributed by atoms with Crippen molar-refractivity contribution < 1.29 is 62.2 Å². The van der Waals surface area contributed by atoms with Crippen molar-refractivity contribution in [3.8, 4) is 0 Å². The predicted octanol–water partition coefficient (Wildman–Crippen LogP) is 5.89. The molecule has 0 N–H and O–H groups in total. The number of hydrogen-bond acceptors (Lipinski definition) is 2. The second-order valence-corrected chi connectivity index (χ2v) is 5.55. The van der Waals surface area contributed by atoms with Gasteiger partial charge >= 0.3 is 24.7 Å². The minimum atomic E-state index is -5.93. The molecule has 0 unspecified atom stereocenters. The van der Waals surface area contributed by atoms with E-state index < -0.39 is 48.1 Å². The molecule has 0 heterocycles. The van der Waals surface area contributed by atoms with Gasteiger partial charge in [0.05, 0.1) is 0 Å². The van der Waals surface area contributed by atoms with Crippen LogP contribution in [0.1, 0.15) is 20.8 Å². The molecule has 0 bridgehead atoms. The summed E-state index contributed by atoms with van der Waals surface area (Å²) in [7, 11) is 0. The molecule has 0 atom stereocenters. The Morgan fingerprint density at radius 1 is 0.692 bits per heavy atom. The van der Waals surface area contributed by atoms with E-state index in [1.807, 2.05) is 0 Å². The van der Waals surface area contributed by atoms with Gasteiger partial charge in [-0.05, 0) is 20.8 Å². The Morgan fingerprint density at radius 2 is 1.04 bits per heavy atom. The highest BCUT2D eigenvalue weighted by Gasteiger charge is 2.64. The molecule has 0 saturated heterocycles. The summed E-state index contributed by atoms with van der Waals surface area (Å²) in [6, 6.07) is 0. The first kappa shape index (κ1) is 24.5. The normalized spacial score (nSPS) is 15.7. The summed E-state index contributed by atoms with van der Waals surface area (Å²) < 4.78 is 157. The zero-order chi connectivity index (χ0) is 21.4. The average Bonchev–Trinajstić information content (AvgIpc) is 2.26. The quantitative estimate of drug-likeness (QED) is 0.411. The fraction of sp³-hybridized carbons (Fsp3) is 0.833. The Balaban J connectivity index is 5.51. The Morgan fingerprint density at radius 3 is 1.31 bits per heavy atom. The van der Waals surface area contributed by atoms with Crippen molar-refractivity contribution in [2.45, 2.75) is 57.2 Å². The van der Waals surface area contributed by atoms with Crippen LogP contribution in [0.3, 0.4) is 0 Å². The molecule has 0 aliphatic carbocycles. The molecule has 0 radical (unpaired) electrons. The van der Waals surface area contributed by atoms with E-state index in [0.717, 1.165) is 0 Å². The van der Waals surface area contributed by atoms with Crippen molar-refractivity contribution >= 4 is 0 Å². The van der Waals surface area contributed by atoms with Crippen LogP contribution in [-0.2, 0) is 9.47 Å². The van der Waals surface area contributed by atoms with Crippen LogP contribution in [0.25, 0.3) is 0 Å². The highest BCUT2D eigenvalue weighted by molar-refractivity contribution is 4.94. The van der Waals surface area contributed by atoms with Crippen LogP contribution in [0.15, 0.2) is 12.0 Å². The predicted molar refractivity (Wildman–Crippen MR) is 61.5 cm³/mol. The van der Waals surface area contributed by atoms with Crippen LogP contribution < -0.4 is 0 Å². The molecule has 26 heavy (non-hydrogen) atoms. The van der Waals surface area contributed by atoms with Crippen LogP contribution in [-0.4, -0.2) is 36.4 Å². The van der Waals surface area contributed by atoms with Gasteiger partial charge in [-0.2, -0.15) is 52.7 Å². The van der Waals surface area contributed by atoms with Gasteiger partial charge in [0.1, 0.15) is 17.6 Å². The van der Waals surface area contributed by atoms with Gasteiger partial charge in [0.2, 0.25) is 0 Å². The topological polar surface area (TPSA) is 18.5 Å². The molecule has 0 rings (SSSR count). The molecule has 0 aliphatic heterocycles. The average molecular weight is 416 g/mol. The summed E-state index contributed by atoms with van der Waals surface area (Å²) in [5.41, 5.74) is -3.10. The minimum Gasteiger partial charge on any atom is -0.491 e. The van der Waals surface area contributed by atoms with Crippen LogP contribution in [0.2, 0.25) is 0 Å². The van der Waals surface area contributed by atoms with Gasteiger partial charge in [-0.15, -0.1) is 0 Å². The summed E-state index contributed by atoms with van der Waals surface area (Å²) in [6.45, 7) is 1.07. The SMILES string of the molecule is C/C(=C\OC(C)(C)C(C(F)(F)F)C(F)(F)F)OC(C(F)(F)F)C(F)(F)F. The number of rotatable bonds is 5. The van der Waals surface area contributed by atoms with Crippen molar-refractivity contribution in [2.75, 3.05) is 0 Å². The molecule has 0 saturated carbocycles. The third-order valence-corrected chi connectivity index (χ3v) is 2.78. The second-order valence-electron chi connectivity index (χ2n) is 5.55. The largest absolute Gasteiger partial charge is 0.491 e. The molecule has 0 spiro atoms. The van der Waals surface area contributed by atoms with Crippen molar-refractivity contribution in [1.29, 1.82) is 0 Å². The number of hydrogen-bond donors (Lipinski definition) is 0.